The molecule has 7 aromatic carbocycles. The minimum absolute atomic E-state index is 0.0129. The Balaban J connectivity index is 1.24. The van der Waals surface area contributed by atoms with Crippen molar-refractivity contribution in [3.63, 3.8) is 0 Å². The maximum absolute atomic E-state index is 3.96. The van der Waals surface area contributed by atoms with Gasteiger partial charge in [0.25, 0.3) is 0 Å². The fraction of sp³-hybridized carbons (Fsp3) is 0.164. The zero-order chi connectivity index (χ0) is 41.8. The number of hydrogen-bond donors (Lipinski definition) is 1. The van der Waals surface area contributed by atoms with Crippen molar-refractivity contribution in [1.29, 1.82) is 0 Å². The van der Waals surface area contributed by atoms with Crippen molar-refractivity contribution < 1.29 is 0 Å². The van der Waals surface area contributed by atoms with Gasteiger partial charge in [-0.25, -0.2) is 0 Å². The molecule has 0 amide bonds. The predicted octanol–water partition coefficient (Wildman–Crippen LogP) is 10.4. The molecule has 12 rings (SSSR count). The molecule has 0 spiro atoms. The summed E-state index contributed by atoms with van der Waals surface area (Å²) in [4.78, 5) is 7.76. The standard InChI is InChI=1S/C55H47B3N4/c1-33(2)35-27-29-46-41(31-35)58-42-32-36(34(3)4)28-30-47(42)62-45-25-15-13-22-40(45)57-52-50(51-54(53(58)55(52)62)61(46)44-24-14-12-21-39(44)56-51)49-43(59-37-17-8-6-9-18-37)23-16-26-48(49)60(5)38-19-10-7-11-20-38/h6-34,51,54,59H,1-5H3. The van der Waals surface area contributed by atoms with Gasteiger partial charge < -0.3 is 20.0 Å². The van der Waals surface area contributed by atoms with E-state index < -0.39 is 0 Å². The molecule has 1 N–H and O–H groups in total. The smallest absolute Gasteiger partial charge is 0.247 e. The van der Waals surface area contributed by atoms with E-state index in [2.05, 4.69) is 233 Å². The van der Waals surface area contributed by atoms with Gasteiger partial charge in [0.2, 0.25) is 6.71 Å². The molecule has 0 bridgehead atoms. The molecule has 0 aromatic heterocycles. The molecule has 0 fully saturated rings. The first-order valence-corrected chi connectivity index (χ1v) is 22.3. The minimum Gasteiger partial charge on any atom is -0.355 e. The molecule has 62 heavy (non-hydrogen) atoms. The summed E-state index contributed by atoms with van der Waals surface area (Å²) in [7, 11) is 7.35. The van der Waals surface area contributed by atoms with Crippen LogP contribution >= 0.6 is 0 Å². The highest BCUT2D eigenvalue weighted by Gasteiger charge is 2.56. The molecular formula is C55H47B3N4. The van der Waals surface area contributed by atoms with Gasteiger partial charge in [0.1, 0.15) is 0 Å². The largest absolute Gasteiger partial charge is 0.355 e. The summed E-state index contributed by atoms with van der Waals surface area (Å²) < 4.78 is 0. The molecule has 2 unspecified atom stereocenters. The summed E-state index contributed by atoms with van der Waals surface area (Å²) in [5.41, 5.74) is 24.3. The second-order valence-electron chi connectivity index (χ2n) is 18.2. The lowest BCUT2D eigenvalue weighted by atomic mass is 9.27. The molecular weight excluding hydrogens is 749 g/mol. The molecule has 0 saturated carbocycles. The van der Waals surface area contributed by atoms with E-state index in [4.69, 9.17) is 0 Å². The monoisotopic (exact) mass is 796 g/mol. The fourth-order valence-corrected chi connectivity index (χ4v) is 11.2. The Hall–Kier alpha value is -6.59. The highest BCUT2D eigenvalue weighted by molar-refractivity contribution is 6.95. The molecule has 296 valence electrons. The molecule has 5 aliphatic rings. The first kappa shape index (κ1) is 37.2. The molecule has 7 aromatic rings. The van der Waals surface area contributed by atoms with Crippen molar-refractivity contribution in [2.24, 2.45) is 0 Å². The lowest BCUT2D eigenvalue weighted by molar-refractivity contribution is 0.746. The number of nitrogens with one attached hydrogen (secondary N) is 1. The van der Waals surface area contributed by atoms with Crippen molar-refractivity contribution >= 4 is 94.2 Å². The Labute approximate surface area is 368 Å². The van der Waals surface area contributed by atoms with Crippen LogP contribution in [-0.4, -0.2) is 34.4 Å². The first-order valence-electron chi connectivity index (χ1n) is 22.3. The van der Waals surface area contributed by atoms with Crippen LogP contribution < -0.4 is 41.9 Å². The van der Waals surface area contributed by atoms with Gasteiger partial charge in [-0.15, -0.1) is 0 Å². The van der Waals surface area contributed by atoms with Crippen molar-refractivity contribution in [3.05, 3.63) is 197 Å². The number of nitrogens with zero attached hydrogens (tertiary/aromatic N) is 3. The maximum Gasteiger partial charge on any atom is 0.247 e. The molecule has 4 heterocycles. The molecule has 1 aliphatic carbocycles. The Bertz CT molecular complexity index is 3010. The number of fused-ring (bicyclic) bond motifs is 10. The molecule has 2 atom stereocenters. The Kier molecular flexibility index (Phi) is 8.54. The van der Waals surface area contributed by atoms with Crippen LogP contribution in [0.4, 0.5) is 45.5 Å². The van der Waals surface area contributed by atoms with Crippen LogP contribution in [0, 0.1) is 0 Å². The van der Waals surface area contributed by atoms with Gasteiger partial charge in [-0.1, -0.05) is 147 Å². The first-order chi connectivity index (χ1) is 30.4. The van der Waals surface area contributed by atoms with Gasteiger partial charge in [-0.05, 0) is 111 Å². The third-order valence-corrected chi connectivity index (χ3v) is 14.1. The van der Waals surface area contributed by atoms with Gasteiger partial charge >= 0.3 is 0 Å². The van der Waals surface area contributed by atoms with Crippen LogP contribution in [0.2, 0.25) is 5.82 Å². The average Bonchev–Trinajstić information content (AvgIpc) is 3.31. The summed E-state index contributed by atoms with van der Waals surface area (Å²) in [5, 5.41) is 3.96. The summed E-state index contributed by atoms with van der Waals surface area (Å²) in [6.45, 7) is 9.40. The summed E-state index contributed by atoms with van der Waals surface area (Å²) in [5.74, 6) is 0.826. The van der Waals surface area contributed by atoms with Crippen LogP contribution in [0.15, 0.2) is 180 Å². The molecule has 4 aliphatic heterocycles. The number of anilines is 8. The Morgan fingerprint density at radius 2 is 1.24 bits per heavy atom. The second-order valence-corrected chi connectivity index (χ2v) is 18.2. The number of allylic oxidation sites excluding steroid dienone is 1. The molecule has 4 nitrogen and oxygen atoms in total. The van der Waals surface area contributed by atoms with E-state index in [9.17, 15) is 0 Å². The van der Waals surface area contributed by atoms with Crippen LogP contribution in [0.25, 0.3) is 5.57 Å². The quantitative estimate of drug-likeness (QED) is 0.162. The van der Waals surface area contributed by atoms with E-state index in [-0.39, 0.29) is 18.6 Å². The third kappa shape index (κ3) is 5.50. The number of hydrogen-bond acceptors (Lipinski definition) is 4. The molecule has 7 heteroatoms. The molecule has 0 saturated heterocycles. The Morgan fingerprint density at radius 3 is 1.97 bits per heavy atom. The van der Waals surface area contributed by atoms with E-state index in [0.717, 1.165) is 22.7 Å². The zero-order valence-corrected chi connectivity index (χ0v) is 36.0. The van der Waals surface area contributed by atoms with E-state index >= 15 is 0 Å². The lowest BCUT2D eigenvalue weighted by Gasteiger charge is -2.58. The van der Waals surface area contributed by atoms with Crippen molar-refractivity contribution in [1.82, 2.24) is 0 Å². The van der Waals surface area contributed by atoms with Gasteiger partial charge in [-0.3, -0.25) is 0 Å². The van der Waals surface area contributed by atoms with Gasteiger partial charge in [-0.2, -0.15) is 0 Å². The second kappa shape index (κ2) is 14.2. The average molecular weight is 796 g/mol. The topological polar surface area (TPSA) is 21.8 Å². The lowest BCUT2D eigenvalue weighted by Crippen LogP contribution is -2.66. The number of benzene rings is 7. The van der Waals surface area contributed by atoms with Crippen LogP contribution in [0.3, 0.4) is 0 Å². The SMILES string of the molecule is CC(C)c1ccc2c(c1)B1C3=C4C(=C(c5c(Nc6ccccc6)cccc5N(C)c5ccccc5)C5[B]c6ccccc6N(c6ccc(C(C)C)cc61)C35)[B]c1ccccc1N42. The third-order valence-electron chi connectivity index (χ3n) is 14.1. The van der Waals surface area contributed by atoms with E-state index in [1.165, 1.54) is 83.5 Å². The van der Waals surface area contributed by atoms with Gasteiger partial charge in [0, 0.05) is 58.1 Å². The van der Waals surface area contributed by atoms with Gasteiger partial charge in [0.15, 0.2) is 14.6 Å². The summed E-state index contributed by atoms with van der Waals surface area (Å²) >= 11 is 0. The molecule has 2 radical (unpaired) electrons. The van der Waals surface area contributed by atoms with Crippen molar-refractivity contribution in [2.45, 2.75) is 51.4 Å². The van der Waals surface area contributed by atoms with E-state index in [1.807, 2.05) is 0 Å². The summed E-state index contributed by atoms with van der Waals surface area (Å²) in [6, 6.07) is 61.2. The number of para-hydroxylation sites is 4. The van der Waals surface area contributed by atoms with Crippen molar-refractivity contribution in [3.8, 4) is 0 Å². The maximum atomic E-state index is 3.96. The van der Waals surface area contributed by atoms with E-state index in [0.29, 0.717) is 11.8 Å². The highest BCUT2D eigenvalue weighted by atomic mass is 15.2. The Morgan fingerprint density at radius 1 is 0.613 bits per heavy atom. The van der Waals surface area contributed by atoms with Gasteiger partial charge in [0.05, 0.1) is 11.7 Å². The normalized spacial score (nSPS) is 17.4. The number of rotatable bonds is 7. The van der Waals surface area contributed by atoms with Crippen LogP contribution in [-0.2, 0) is 0 Å². The fourth-order valence-electron chi connectivity index (χ4n) is 11.2. The van der Waals surface area contributed by atoms with E-state index in [1.54, 1.807) is 0 Å². The van der Waals surface area contributed by atoms with Crippen LogP contribution in [0.1, 0.15) is 56.2 Å². The van der Waals surface area contributed by atoms with Crippen LogP contribution in [0.5, 0.6) is 0 Å². The van der Waals surface area contributed by atoms with Crippen molar-refractivity contribution in [2.75, 3.05) is 27.1 Å². The highest BCUT2D eigenvalue weighted by Crippen LogP contribution is 2.59. The summed E-state index contributed by atoms with van der Waals surface area (Å²) in [6.07, 6.45) is 0. The minimum atomic E-state index is 0.0129. The zero-order valence-electron chi connectivity index (χ0n) is 36.0. The predicted molar refractivity (Wildman–Crippen MR) is 266 cm³/mol.